The van der Waals surface area contributed by atoms with E-state index in [9.17, 15) is 20.0 Å². The smallest absolute Gasteiger partial charge is 0.311 e. The molecule has 2 aromatic rings. The Morgan fingerprint density at radius 3 is 2.86 bits per heavy atom. The summed E-state index contributed by atoms with van der Waals surface area (Å²) in [7, 11) is 0. The van der Waals surface area contributed by atoms with Crippen LogP contribution in [0.5, 0.6) is 5.75 Å². The highest BCUT2D eigenvalue weighted by molar-refractivity contribution is 7.09. The number of para-hydroxylation sites is 1. The Bertz CT molecular complexity index is 713. The van der Waals surface area contributed by atoms with E-state index in [0.29, 0.717) is 5.92 Å². The molecule has 8 heteroatoms. The Balaban J connectivity index is 1.85. The minimum atomic E-state index is -0.717. The van der Waals surface area contributed by atoms with E-state index in [1.165, 1.54) is 23.5 Å². The van der Waals surface area contributed by atoms with Crippen molar-refractivity contribution in [2.75, 3.05) is 0 Å². The normalized spacial score (nSPS) is 15.3. The number of nitrogens with zero attached hydrogens (tertiary/aromatic N) is 2. The van der Waals surface area contributed by atoms with Crippen LogP contribution in [0, 0.1) is 16.0 Å². The number of carbonyl (C=O) groups excluding carboxylic acids is 1. The number of nitro groups is 1. The first kappa shape index (κ1) is 14.5. The van der Waals surface area contributed by atoms with Gasteiger partial charge >= 0.3 is 5.69 Å². The van der Waals surface area contributed by atoms with Crippen LogP contribution in [-0.4, -0.2) is 20.9 Å². The Morgan fingerprint density at radius 1 is 1.50 bits per heavy atom. The number of phenols is 1. The fraction of sp³-hybridized carbons (Fsp3) is 0.286. The highest BCUT2D eigenvalue weighted by atomic mass is 32.1. The topological polar surface area (TPSA) is 105 Å². The molecule has 3 rings (SSSR count). The standard InChI is InChI=1S/C14H13N3O4S/c18-12-9(2-1-3-10(12)17(20)21)13(19)16-11(8-4-5-8)14-15-6-7-22-14/h1-3,6-8,11,18H,4-5H2,(H,16,19)/t11-/m0/s1. The van der Waals surface area contributed by atoms with Crippen LogP contribution in [0.15, 0.2) is 29.8 Å². The largest absolute Gasteiger partial charge is 0.502 e. The van der Waals surface area contributed by atoms with Gasteiger partial charge in [-0.05, 0) is 24.8 Å². The highest BCUT2D eigenvalue weighted by Gasteiger charge is 2.35. The van der Waals surface area contributed by atoms with Gasteiger partial charge < -0.3 is 10.4 Å². The van der Waals surface area contributed by atoms with Crippen molar-refractivity contribution in [3.8, 4) is 5.75 Å². The summed E-state index contributed by atoms with van der Waals surface area (Å²) >= 11 is 1.45. The van der Waals surface area contributed by atoms with E-state index in [2.05, 4.69) is 10.3 Å². The van der Waals surface area contributed by atoms with E-state index < -0.39 is 22.3 Å². The molecule has 0 spiro atoms. The molecule has 1 atom stereocenters. The van der Waals surface area contributed by atoms with Gasteiger partial charge in [0.15, 0.2) is 0 Å². The van der Waals surface area contributed by atoms with Gasteiger partial charge in [0.2, 0.25) is 5.75 Å². The molecule has 0 saturated heterocycles. The number of aromatic hydroxyl groups is 1. The van der Waals surface area contributed by atoms with Gasteiger partial charge in [0, 0.05) is 17.6 Å². The molecule has 1 fully saturated rings. The number of hydrogen-bond acceptors (Lipinski definition) is 6. The molecule has 1 amide bonds. The first-order valence-electron chi connectivity index (χ1n) is 6.74. The molecular formula is C14H13N3O4S. The van der Waals surface area contributed by atoms with Crippen LogP contribution in [0.2, 0.25) is 0 Å². The summed E-state index contributed by atoms with van der Waals surface area (Å²) < 4.78 is 0. The summed E-state index contributed by atoms with van der Waals surface area (Å²) in [6.45, 7) is 0. The molecule has 2 N–H and O–H groups in total. The second-order valence-electron chi connectivity index (χ2n) is 5.09. The van der Waals surface area contributed by atoms with Gasteiger partial charge in [0.05, 0.1) is 16.5 Å². The number of thiazole rings is 1. The van der Waals surface area contributed by atoms with Gasteiger partial charge in [-0.3, -0.25) is 14.9 Å². The maximum atomic E-state index is 12.4. The molecular weight excluding hydrogens is 306 g/mol. The van der Waals surface area contributed by atoms with Gasteiger partial charge in [0.25, 0.3) is 5.91 Å². The van der Waals surface area contributed by atoms with Crippen LogP contribution in [0.4, 0.5) is 5.69 Å². The van der Waals surface area contributed by atoms with Crippen molar-refractivity contribution in [2.24, 2.45) is 5.92 Å². The van der Waals surface area contributed by atoms with Gasteiger partial charge in [-0.2, -0.15) is 0 Å². The molecule has 1 aliphatic rings. The zero-order chi connectivity index (χ0) is 15.7. The second-order valence-corrected chi connectivity index (χ2v) is 6.02. The number of nitrogens with one attached hydrogen (secondary N) is 1. The number of aromatic nitrogens is 1. The Kier molecular flexibility index (Phi) is 3.76. The van der Waals surface area contributed by atoms with Crippen molar-refractivity contribution >= 4 is 22.9 Å². The third kappa shape index (κ3) is 2.77. The second kappa shape index (κ2) is 5.72. The average molecular weight is 319 g/mol. The maximum Gasteiger partial charge on any atom is 0.311 e. The molecule has 0 radical (unpaired) electrons. The number of hydrogen-bond donors (Lipinski definition) is 2. The van der Waals surface area contributed by atoms with Crippen LogP contribution >= 0.6 is 11.3 Å². The third-order valence-corrected chi connectivity index (χ3v) is 4.41. The summed E-state index contributed by atoms with van der Waals surface area (Å²) in [4.78, 5) is 26.7. The minimum Gasteiger partial charge on any atom is -0.502 e. The van der Waals surface area contributed by atoms with E-state index in [1.54, 1.807) is 6.20 Å². The van der Waals surface area contributed by atoms with Gasteiger partial charge in [-0.15, -0.1) is 11.3 Å². The molecule has 1 heterocycles. The van der Waals surface area contributed by atoms with Crippen LogP contribution in [-0.2, 0) is 0 Å². The Labute approximate surface area is 129 Å². The monoisotopic (exact) mass is 319 g/mol. The van der Waals surface area contributed by atoms with Crippen molar-refractivity contribution < 1.29 is 14.8 Å². The minimum absolute atomic E-state index is 0.101. The van der Waals surface area contributed by atoms with Gasteiger partial charge in [-0.1, -0.05) is 6.07 Å². The van der Waals surface area contributed by atoms with Gasteiger partial charge in [-0.25, -0.2) is 4.98 Å². The number of phenolic OH excluding ortho intramolecular Hbond substituents is 1. The molecule has 1 aromatic carbocycles. The van der Waals surface area contributed by atoms with Crippen molar-refractivity contribution in [3.05, 3.63) is 50.5 Å². The summed E-state index contributed by atoms with van der Waals surface area (Å²) in [5.41, 5.74) is -0.582. The van der Waals surface area contributed by atoms with Crippen LogP contribution in [0.25, 0.3) is 0 Å². The van der Waals surface area contributed by atoms with Crippen molar-refractivity contribution in [3.63, 3.8) is 0 Å². The fourth-order valence-corrected chi connectivity index (χ4v) is 3.06. The van der Waals surface area contributed by atoms with Crippen LogP contribution < -0.4 is 5.32 Å². The zero-order valence-electron chi connectivity index (χ0n) is 11.4. The average Bonchev–Trinajstić information content (AvgIpc) is 3.18. The SMILES string of the molecule is O=C(N[C@H](c1nccs1)C1CC1)c1cccc([N+](=O)[O-])c1O. The molecule has 1 aliphatic carbocycles. The van der Waals surface area contributed by atoms with E-state index >= 15 is 0 Å². The van der Waals surface area contributed by atoms with Crippen LogP contribution in [0.3, 0.4) is 0 Å². The quantitative estimate of drug-likeness (QED) is 0.651. The Hall–Kier alpha value is -2.48. The molecule has 0 aliphatic heterocycles. The predicted molar refractivity (Wildman–Crippen MR) is 79.8 cm³/mol. The van der Waals surface area contributed by atoms with Crippen molar-refractivity contribution in [1.29, 1.82) is 0 Å². The third-order valence-electron chi connectivity index (χ3n) is 3.55. The molecule has 22 heavy (non-hydrogen) atoms. The molecule has 1 saturated carbocycles. The lowest BCUT2D eigenvalue weighted by Crippen LogP contribution is -2.29. The van der Waals surface area contributed by atoms with Crippen molar-refractivity contribution in [2.45, 2.75) is 18.9 Å². The lowest BCUT2D eigenvalue weighted by atomic mass is 10.1. The number of carbonyl (C=O) groups is 1. The maximum absolute atomic E-state index is 12.4. The van der Waals surface area contributed by atoms with E-state index in [1.807, 2.05) is 5.38 Å². The van der Waals surface area contributed by atoms with Crippen molar-refractivity contribution in [1.82, 2.24) is 10.3 Å². The number of amides is 1. The van der Waals surface area contributed by atoms with E-state index in [4.69, 9.17) is 0 Å². The molecule has 114 valence electrons. The highest BCUT2D eigenvalue weighted by Crippen LogP contribution is 2.42. The molecule has 1 aromatic heterocycles. The first-order valence-corrected chi connectivity index (χ1v) is 7.62. The fourth-order valence-electron chi connectivity index (χ4n) is 2.28. The number of nitro benzene ring substituents is 1. The van der Waals surface area contributed by atoms with E-state index in [0.717, 1.165) is 23.9 Å². The Morgan fingerprint density at radius 2 is 2.27 bits per heavy atom. The molecule has 0 unspecified atom stereocenters. The van der Waals surface area contributed by atoms with Crippen LogP contribution in [0.1, 0.15) is 34.2 Å². The van der Waals surface area contributed by atoms with E-state index in [-0.39, 0.29) is 11.6 Å². The first-order chi connectivity index (χ1) is 10.6. The summed E-state index contributed by atoms with van der Waals surface area (Å²) in [6.07, 6.45) is 3.68. The number of rotatable bonds is 5. The zero-order valence-corrected chi connectivity index (χ0v) is 12.2. The summed E-state index contributed by atoms with van der Waals surface area (Å²) in [5, 5.41) is 26.2. The summed E-state index contributed by atoms with van der Waals surface area (Å²) in [6, 6.07) is 3.68. The molecule has 0 bridgehead atoms. The van der Waals surface area contributed by atoms with Gasteiger partial charge in [0.1, 0.15) is 5.01 Å². The lowest BCUT2D eigenvalue weighted by Gasteiger charge is -2.16. The number of benzene rings is 1. The summed E-state index contributed by atoms with van der Waals surface area (Å²) in [5.74, 6) is -0.817. The predicted octanol–water partition coefficient (Wildman–Crippen LogP) is 2.64. The lowest BCUT2D eigenvalue weighted by molar-refractivity contribution is -0.385. The molecule has 7 nitrogen and oxygen atoms in total.